The number of amides is 2. The van der Waals surface area contributed by atoms with Gasteiger partial charge in [-0.2, -0.15) is 26.3 Å². The normalized spacial score (nSPS) is 14.2. The molecular weight excluding hydrogens is 416 g/mol. The van der Waals surface area contributed by atoms with Gasteiger partial charge in [0.2, 0.25) is 11.4 Å². The van der Waals surface area contributed by atoms with E-state index in [9.17, 15) is 50.6 Å². The predicted octanol–water partition coefficient (Wildman–Crippen LogP) is 1.12. The monoisotopic (exact) mass is 437 g/mol. The Bertz CT molecular complexity index is 623. The Morgan fingerprint density at radius 1 is 0.793 bits per heavy atom. The number of Topliss-reactive ketones (excluding diaryl/α,β-unsaturated/α-hetero) is 1. The van der Waals surface area contributed by atoms with Gasteiger partial charge in [-0.3, -0.25) is 14.4 Å². The summed E-state index contributed by atoms with van der Waals surface area (Å²) in [6.45, 7) is -0.212. The van der Waals surface area contributed by atoms with Crippen LogP contribution in [0.2, 0.25) is 0 Å². The van der Waals surface area contributed by atoms with Gasteiger partial charge in [0.05, 0.1) is 0 Å². The highest BCUT2D eigenvalue weighted by Gasteiger charge is 2.66. The molecule has 0 rings (SSSR count). The molecule has 0 aliphatic carbocycles. The van der Waals surface area contributed by atoms with Crippen LogP contribution < -0.4 is 11.5 Å². The summed E-state index contributed by atoms with van der Waals surface area (Å²) in [6.07, 6.45) is -15.1. The van der Waals surface area contributed by atoms with Crippen molar-refractivity contribution in [3.8, 4) is 0 Å². The van der Waals surface area contributed by atoms with Crippen molar-refractivity contribution < 1.29 is 50.6 Å². The largest absolute Gasteiger partial charge is 0.479 e. The molecule has 0 heterocycles. The Balaban J connectivity index is 6.64. The fourth-order valence-corrected chi connectivity index (χ4v) is 2.54. The number of nitrogens with two attached hydrogens (primary N) is 2. The minimum atomic E-state index is -5.94. The fraction of sp³-hybridized carbons (Fsp3) is 0.733. The van der Waals surface area contributed by atoms with Gasteiger partial charge in [0.15, 0.2) is 0 Å². The molecule has 0 aromatic rings. The van der Waals surface area contributed by atoms with Crippen LogP contribution >= 0.6 is 0 Å². The maximum absolute atomic E-state index is 13.1. The second kappa shape index (κ2) is 10.5. The molecule has 0 fully saturated rings. The zero-order chi connectivity index (χ0) is 23.0. The van der Waals surface area contributed by atoms with E-state index in [-0.39, 0.29) is 32.4 Å². The molecule has 0 saturated carbocycles. The van der Waals surface area contributed by atoms with Gasteiger partial charge >= 0.3 is 24.2 Å². The molecule has 168 valence electrons. The topological polar surface area (TPSA) is 144 Å². The minimum Gasteiger partial charge on any atom is -0.479 e. The Hall–Kier alpha value is -2.22. The van der Waals surface area contributed by atoms with Crippen molar-refractivity contribution in [2.45, 2.75) is 56.4 Å². The Morgan fingerprint density at radius 3 is 1.66 bits per heavy atom. The van der Waals surface area contributed by atoms with Gasteiger partial charge in [-0.1, -0.05) is 0 Å². The zero-order valence-corrected chi connectivity index (χ0v) is 15.1. The molecule has 14 heteroatoms. The van der Waals surface area contributed by atoms with E-state index < -0.39 is 65.6 Å². The lowest BCUT2D eigenvalue weighted by Crippen LogP contribution is -2.68. The molecular formula is C15H21F6N3O5. The van der Waals surface area contributed by atoms with Crippen molar-refractivity contribution in [2.24, 2.45) is 11.5 Å². The molecule has 1 atom stereocenters. The summed E-state index contributed by atoms with van der Waals surface area (Å²) in [6, 6.07) is 0. The summed E-state index contributed by atoms with van der Waals surface area (Å²) in [5.41, 5.74) is 6.20. The lowest BCUT2D eigenvalue weighted by Gasteiger charge is -2.38. The highest BCUT2D eigenvalue weighted by Crippen LogP contribution is 2.36. The van der Waals surface area contributed by atoms with Gasteiger partial charge in [-0.25, -0.2) is 9.69 Å². The summed E-state index contributed by atoms with van der Waals surface area (Å²) in [7, 11) is 0. The van der Waals surface area contributed by atoms with Crippen molar-refractivity contribution in [1.82, 2.24) is 4.90 Å². The average Bonchev–Trinajstić information content (AvgIpc) is 2.58. The molecule has 0 aliphatic heterocycles. The molecule has 0 spiro atoms. The number of halogens is 6. The molecule has 0 unspecified atom stereocenters. The average molecular weight is 437 g/mol. The third-order valence-electron chi connectivity index (χ3n) is 3.90. The number of rotatable bonds is 11. The number of aliphatic carboxylic acids is 1. The SMILES string of the molecule is NCCCCC(=O)N(C(=O)C(F)(F)F)[C@@](CCCCN)(C(=O)O)C(=O)C(F)(F)F. The zero-order valence-electron chi connectivity index (χ0n) is 15.1. The standard InChI is InChI=1S/C15H21F6N3O5/c16-14(17,18)10(26)13(12(28)29,6-2-4-8-23)24(11(27)15(19,20)21)9(25)5-1-3-7-22/h1-8,22-23H2,(H,28,29)/t13-/m1/s1. The summed E-state index contributed by atoms with van der Waals surface area (Å²) >= 11 is 0. The molecule has 0 aliphatic rings. The molecule has 5 N–H and O–H groups in total. The highest BCUT2D eigenvalue weighted by atomic mass is 19.4. The van der Waals surface area contributed by atoms with Crippen molar-refractivity contribution in [3.05, 3.63) is 0 Å². The van der Waals surface area contributed by atoms with Gasteiger partial charge < -0.3 is 16.6 Å². The van der Waals surface area contributed by atoms with Crippen LogP contribution in [0.1, 0.15) is 38.5 Å². The first-order chi connectivity index (χ1) is 13.2. The van der Waals surface area contributed by atoms with Crippen LogP contribution in [0.5, 0.6) is 0 Å². The van der Waals surface area contributed by atoms with Gasteiger partial charge in [0.1, 0.15) is 0 Å². The van der Waals surface area contributed by atoms with E-state index in [1.54, 1.807) is 0 Å². The van der Waals surface area contributed by atoms with Crippen molar-refractivity contribution >= 4 is 23.6 Å². The first-order valence-corrected chi connectivity index (χ1v) is 8.37. The number of carboxylic acids is 1. The quantitative estimate of drug-likeness (QED) is 0.250. The highest BCUT2D eigenvalue weighted by molar-refractivity contribution is 6.17. The van der Waals surface area contributed by atoms with E-state index in [4.69, 9.17) is 11.5 Å². The number of carbonyl (C=O) groups excluding carboxylic acids is 3. The Labute approximate surface area is 161 Å². The second-order valence-corrected chi connectivity index (χ2v) is 6.02. The minimum absolute atomic E-state index is 0.0252. The first-order valence-electron chi connectivity index (χ1n) is 8.37. The van der Waals surface area contributed by atoms with E-state index in [1.165, 1.54) is 0 Å². The van der Waals surface area contributed by atoms with Crippen LogP contribution in [0, 0.1) is 0 Å². The van der Waals surface area contributed by atoms with E-state index in [2.05, 4.69) is 0 Å². The van der Waals surface area contributed by atoms with E-state index in [0.717, 1.165) is 0 Å². The summed E-state index contributed by atoms with van der Waals surface area (Å²) in [5.74, 6) is -10.9. The van der Waals surface area contributed by atoms with Crippen LogP contribution in [0.3, 0.4) is 0 Å². The smallest absolute Gasteiger partial charge is 0.471 e. The Morgan fingerprint density at radius 2 is 1.28 bits per heavy atom. The first kappa shape index (κ1) is 26.8. The fourth-order valence-electron chi connectivity index (χ4n) is 2.54. The van der Waals surface area contributed by atoms with E-state index >= 15 is 0 Å². The van der Waals surface area contributed by atoms with Crippen LogP contribution in [0.15, 0.2) is 0 Å². The number of carbonyl (C=O) groups is 4. The number of ketones is 1. The number of imide groups is 1. The van der Waals surface area contributed by atoms with Crippen LogP contribution in [0.25, 0.3) is 0 Å². The maximum atomic E-state index is 13.1. The summed E-state index contributed by atoms with van der Waals surface area (Å²) < 4.78 is 78.4. The number of unbranched alkanes of at least 4 members (excludes halogenated alkanes) is 2. The Kier molecular flexibility index (Phi) is 9.72. The van der Waals surface area contributed by atoms with Crippen LogP contribution in [0.4, 0.5) is 26.3 Å². The molecule has 0 saturated heterocycles. The van der Waals surface area contributed by atoms with E-state index in [1.807, 2.05) is 0 Å². The molecule has 0 bridgehead atoms. The number of alkyl halides is 6. The van der Waals surface area contributed by atoms with Crippen molar-refractivity contribution in [3.63, 3.8) is 0 Å². The lowest BCUT2D eigenvalue weighted by molar-refractivity contribution is -0.208. The van der Waals surface area contributed by atoms with E-state index in [0.29, 0.717) is 0 Å². The van der Waals surface area contributed by atoms with Crippen molar-refractivity contribution in [1.29, 1.82) is 0 Å². The predicted molar refractivity (Wildman–Crippen MR) is 85.1 cm³/mol. The molecule has 0 aromatic carbocycles. The maximum Gasteiger partial charge on any atom is 0.471 e. The summed E-state index contributed by atoms with van der Waals surface area (Å²) in [4.78, 5) is 46.7. The second-order valence-electron chi connectivity index (χ2n) is 6.02. The third kappa shape index (κ3) is 6.66. The van der Waals surface area contributed by atoms with Gasteiger partial charge in [-0.05, 0) is 45.2 Å². The molecule has 0 aromatic heterocycles. The van der Waals surface area contributed by atoms with Gasteiger partial charge in [0.25, 0.3) is 5.78 Å². The molecule has 8 nitrogen and oxygen atoms in total. The lowest BCUT2D eigenvalue weighted by atomic mass is 9.84. The molecule has 2 amide bonds. The van der Waals surface area contributed by atoms with Crippen molar-refractivity contribution in [2.75, 3.05) is 13.1 Å². The van der Waals surface area contributed by atoms with Crippen LogP contribution in [-0.2, 0) is 19.2 Å². The van der Waals surface area contributed by atoms with Crippen LogP contribution in [-0.4, -0.2) is 64.6 Å². The third-order valence-corrected chi connectivity index (χ3v) is 3.90. The van der Waals surface area contributed by atoms with Gasteiger partial charge in [0, 0.05) is 6.42 Å². The number of hydrogen-bond donors (Lipinski definition) is 3. The summed E-state index contributed by atoms with van der Waals surface area (Å²) in [5, 5.41) is 9.38. The number of carboxylic acid groups (broad SMARTS) is 1. The number of nitrogens with zero attached hydrogens (tertiary/aromatic N) is 1. The molecule has 29 heavy (non-hydrogen) atoms. The van der Waals surface area contributed by atoms with Gasteiger partial charge in [-0.15, -0.1) is 0 Å². The molecule has 0 radical (unpaired) electrons. The number of hydrogen-bond acceptors (Lipinski definition) is 6.